The highest BCUT2D eigenvalue weighted by Gasteiger charge is 2.22. The summed E-state index contributed by atoms with van der Waals surface area (Å²) in [7, 11) is 0.241. The van der Waals surface area contributed by atoms with Crippen LogP contribution in [-0.2, 0) is 11.5 Å². The van der Waals surface area contributed by atoms with Crippen molar-refractivity contribution in [2.45, 2.75) is 45.4 Å². The van der Waals surface area contributed by atoms with Crippen molar-refractivity contribution in [2.75, 3.05) is 19.0 Å². The fourth-order valence-electron chi connectivity index (χ4n) is 3.66. The summed E-state index contributed by atoms with van der Waals surface area (Å²) in [5.74, 6) is 0.199. The van der Waals surface area contributed by atoms with E-state index in [0.717, 1.165) is 12.2 Å². The Balaban J connectivity index is 1.75. The predicted octanol–water partition coefficient (Wildman–Crippen LogP) is 4.20. The maximum atomic E-state index is 13.6. The van der Waals surface area contributed by atoms with E-state index in [-0.39, 0.29) is 18.4 Å². The Morgan fingerprint density at radius 1 is 1.14 bits per heavy atom. The lowest BCUT2D eigenvalue weighted by Crippen LogP contribution is -2.29. The summed E-state index contributed by atoms with van der Waals surface area (Å²) >= 11 is 0. The molecule has 0 radical (unpaired) electrons. The standard InChI is InChI=1S/C24H30FN7O3Si/c1-16(18-9-8-17(25)13-27-18)32-21-20(31(24(32)33)15-35-11-12-36(3,4)5)14-28-23(30-21)29-19-7-6-10-26-22(19)34-2/h6-10,13-14,16H,11-12,15H2,1-5H3,(H,28,29,30)/t16-/m1/s1. The van der Waals surface area contributed by atoms with Crippen LogP contribution in [0.5, 0.6) is 5.88 Å². The van der Waals surface area contributed by atoms with Gasteiger partial charge in [0.15, 0.2) is 5.65 Å². The molecule has 0 aliphatic carbocycles. The van der Waals surface area contributed by atoms with Crippen LogP contribution in [0.1, 0.15) is 18.7 Å². The monoisotopic (exact) mass is 511 g/mol. The molecule has 4 heterocycles. The zero-order valence-corrected chi connectivity index (χ0v) is 22.0. The Bertz CT molecular complexity index is 1400. The van der Waals surface area contributed by atoms with Gasteiger partial charge < -0.3 is 14.8 Å². The van der Waals surface area contributed by atoms with Crippen LogP contribution in [0.4, 0.5) is 16.0 Å². The molecular formula is C24H30FN7O3Si. The average Bonchev–Trinajstić information content (AvgIpc) is 3.12. The van der Waals surface area contributed by atoms with E-state index >= 15 is 0 Å². The molecule has 0 saturated carbocycles. The Morgan fingerprint density at radius 2 is 1.94 bits per heavy atom. The summed E-state index contributed by atoms with van der Waals surface area (Å²) in [6.07, 6.45) is 4.33. The molecule has 1 atom stereocenters. The number of nitrogens with one attached hydrogen (secondary N) is 1. The highest BCUT2D eigenvalue weighted by Crippen LogP contribution is 2.25. The van der Waals surface area contributed by atoms with Gasteiger partial charge in [0.2, 0.25) is 11.8 Å². The van der Waals surface area contributed by atoms with E-state index in [2.05, 4.69) is 44.9 Å². The zero-order chi connectivity index (χ0) is 25.9. The minimum absolute atomic E-state index is 0.0724. The molecule has 0 amide bonds. The van der Waals surface area contributed by atoms with Crippen molar-refractivity contribution in [2.24, 2.45) is 0 Å². The molecule has 0 bridgehead atoms. The van der Waals surface area contributed by atoms with Gasteiger partial charge >= 0.3 is 5.69 Å². The SMILES string of the molecule is COc1ncccc1Nc1ncc2c(n1)n([C@H](C)c1ccc(F)cn1)c(=O)n2COCC[Si](C)(C)C. The molecule has 10 nitrogen and oxygen atoms in total. The number of imidazole rings is 1. The van der Waals surface area contributed by atoms with Gasteiger partial charge in [-0.25, -0.2) is 19.2 Å². The van der Waals surface area contributed by atoms with Gasteiger partial charge in [-0.3, -0.25) is 14.1 Å². The molecule has 0 fully saturated rings. The first-order chi connectivity index (χ1) is 17.2. The smallest absolute Gasteiger partial charge is 0.332 e. The number of halogens is 1. The molecular weight excluding hydrogens is 481 g/mol. The molecule has 4 rings (SSSR count). The Hall–Kier alpha value is -3.64. The topological polar surface area (TPSA) is 109 Å². The van der Waals surface area contributed by atoms with Crippen LogP contribution in [-0.4, -0.2) is 50.9 Å². The quantitative estimate of drug-likeness (QED) is 0.249. The molecule has 0 spiro atoms. The number of fused-ring (bicyclic) bond motifs is 1. The molecule has 4 aromatic heterocycles. The number of anilines is 2. The fraction of sp³-hybridized carbons (Fsp3) is 0.375. The van der Waals surface area contributed by atoms with Crippen molar-refractivity contribution >= 4 is 30.9 Å². The van der Waals surface area contributed by atoms with Gasteiger partial charge in [0.25, 0.3) is 0 Å². The minimum Gasteiger partial charge on any atom is -0.480 e. The summed E-state index contributed by atoms with van der Waals surface area (Å²) in [6, 6.07) is 6.89. The minimum atomic E-state index is -1.28. The lowest BCUT2D eigenvalue weighted by atomic mass is 10.2. The number of nitrogens with zero attached hydrogens (tertiary/aromatic N) is 6. The van der Waals surface area contributed by atoms with Crippen LogP contribution < -0.4 is 15.7 Å². The van der Waals surface area contributed by atoms with Crippen molar-refractivity contribution in [1.82, 2.24) is 29.1 Å². The zero-order valence-electron chi connectivity index (χ0n) is 21.0. The number of pyridine rings is 2. The first kappa shape index (κ1) is 25.4. The van der Waals surface area contributed by atoms with Crippen LogP contribution in [0.3, 0.4) is 0 Å². The molecule has 4 aromatic rings. The van der Waals surface area contributed by atoms with E-state index < -0.39 is 19.9 Å². The second-order valence-electron chi connectivity index (χ2n) is 9.59. The summed E-state index contributed by atoms with van der Waals surface area (Å²) in [6.45, 7) is 9.26. The number of hydrogen-bond acceptors (Lipinski definition) is 8. The van der Waals surface area contributed by atoms with Crippen molar-refractivity contribution < 1.29 is 13.9 Å². The van der Waals surface area contributed by atoms with E-state index in [1.807, 2.05) is 6.92 Å². The van der Waals surface area contributed by atoms with Crippen LogP contribution in [0.2, 0.25) is 25.7 Å². The van der Waals surface area contributed by atoms with Gasteiger partial charge in [0.05, 0.1) is 31.2 Å². The fourth-order valence-corrected chi connectivity index (χ4v) is 4.42. The third-order valence-corrected chi connectivity index (χ3v) is 7.40. The van der Waals surface area contributed by atoms with Gasteiger partial charge in [-0.1, -0.05) is 19.6 Å². The molecule has 12 heteroatoms. The lowest BCUT2D eigenvalue weighted by molar-refractivity contribution is 0.0870. The highest BCUT2D eigenvalue weighted by molar-refractivity contribution is 6.76. The van der Waals surface area contributed by atoms with E-state index in [9.17, 15) is 9.18 Å². The molecule has 0 aliphatic heterocycles. The summed E-state index contributed by atoms with van der Waals surface area (Å²) < 4.78 is 27.7. The maximum absolute atomic E-state index is 13.6. The lowest BCUT2D eigenvalue weighted by Gasteiger charge is -2.15. The van der Waals surface area contributed by atoms with Crippen LogP contribution in [0.15, 0.2) is 47.7 Å². The van der Waals surface area contributed by atoms with Crippen LogP contribution in [0, 0.1) is 5.82 Å². The molecule has 0 aromatic carbocycles. The Kier molecular flexibility index (Phi) is 7.45. The number of methoxy groups -OCH3 is 1. The Labute approximate surface area is 209 Å². The predicted molar refractivity (Wildman–Crippen MR) is 138 cm³/mol. The molecule has 0 aliphatic rings. The number of rotatable bonds is 10. The number of ether oxygens (including phenoxy) is 2. The summed E-state index contributed by atoms with van der Waals surface area (Å²) in [5.41, 5.74) is 1.70. The maximum Gasteiger partial charge on any atom is 0.332 e. The van der Waals surface area contributed by atoms with E-state index in [0.29, 0.717) is 35.0 Å². The third-order valence-electron chi connectivity index (χ3n) is 5.70. The summed E-state index contributed by atoms with van der Waals surface area (Å²) in [5, 5.41) is 3.10. The summed E-state index contributed by atoms with van der Waals surface area (Å²) in [4.78, 5) is 31.0. The van der Waals surface area contributed by atoms with Crippen molar-refractivity contribution in [3.05, 3.63) is 64.9 Å². The Morgan fingerprint density at radius 3 is 2.64 bits per heavy atom. The number of hydrogen-bond donors (Lipinski definition) is 1. The van der Waals surface area contributed by atoms with Gasteiger partial charge in [-0.2, -0.15) is 4.98 Å². The van der Waals surface area contributed by atoms with Gasteiger partial charge in [-0.15, -0.1) is 0 Å². The van der Waals surface area contributed by atoms with Crippen molar-refractivity contribution in [1.29, 1.82) is 0 Å². The largest absolute Gasteiger partial charge is 0.480 e. The second-order valence-corrected chi connectivity index (χ2v) is 15.2. The van der Waals surface area contributed by atoms with E-state index in [1.54, 1.807) is 30.6 Å². The third kappa shape index (κ3) is 5.60. The first-order valence-electron chi connectivity index (χ1n) is 11.6. The van der Waals surface area contributed by atoms with E-state index in [1.165, 1.54) is 22.3 Å². The normalized spacial score (nSPS) is 12.6. The van der Waals surface area contributed by atoms with Crippen molar-refractivity contribution in [3.63, 3.8) is 0 Å². The van der Waals surface area contributed by atoms with Gasteiger partial charge in [0, 0.05) is 20.9 Å². The van der Waals surface area contributed by atoms with Gasteiger partial charge in [-0.05, 0) is 37.2 Å². The van der Waals surface area contributed by atoms with Gasteiger partial charge in [0.1, 0.15) is 23.8 Å². The second kappa shape index (κ2) is 10.5. The molecule has 0 saturated heterocycles. The molecule has 0 unspecified atom stereocenters. The van der Waals surface area contributed by atoms with E-state index in [4.69, 9.17) is 9.47 Å². The average molecular weight is 512 g/mol. The highest BCUT2D eigenvalue weighted by atomic mass is 28.3. The first-order valence-corrected chi connectivity index (χ1v) is 15.3. The molecule has 1 N–H and O–H groups in total. The van der Waals surface area contributed by atoms with Crippen LogP contribution in [0.25, 0.3) is 11.2 Å². The molecule has 190 valence electrons. The molecule has 36 heavy (non-hydrogen) atoms. The van der Waals surface area contributed by atoms with Crippen molar-refractivity contribution in [3.8, 4) is 5.88 Å². The number of aromatic nitrogens is 6. The van der Waals surface area contributed by atoms with Crippen LogP contribution >= 0.6 is 0 Å².